The van der Waals surface area contributed by atoms with Crippen LogP contribution in [0.1, 0.15) is 12.8 Å². The largest absolute Gasteiger partial charge is 0.497 e. The number of ether oxygens (including phenoxy) is 1. The number of piperidine rings is 1. The highest BCUT2D eigenvalue weighted by atomic mass is 16.5. The summed E-state index contributed by atoms with van der Waals surface area (Å²) in [6, 6.07) is 7.83. The Bertz CT molecular complexity index is 642. The van der Waals surface area contributed by atoms with E-state index in [-0.39, 0.29) is 12.0 Å². The van der Waals surface area contributed by atoms with Crippen molar-refractivity contribution in [2.24, 2.45) is 0 Å². The van der Waals surface area contributed by atoms with E-state index in [1.54, 1.807) is 7.11 Å². The van der Waals surface area contributed by atoms with Gasteiger partial charge < -0.3 is 19.3 Å². The molecule has 0 unspecified atom stereocenters. The molecule has 1 amide bonds. The Morgan fingerprint density at radius 2 is 2.10 bits per heavy atom. The number of carbonyl (C=O) groups is 1. The summed E-state index contributed by atoms with van der Waals surface area (Å²) < 4.78 is 7.17. The smallest absolute Gasteiger partial charge is 0.242 e. The van der Waals surface area contributed by atoms with Crippen molar-refractivity contribution in [1.29, 1.82) is 0 Å². The third-order valence-electron chi connectivity index (χ3n) is 4.10. The molecular weight excluding hydrogens is 268 g/mol. The second kappa shape index (κ2) is 5.77. The fraction of sp³-hybridized carbons (Fsp3) is 0.438. The summed E-state index contributed by atoms with van der Waals surface area (Å²) in [5, 5.41) is 10.6. The summed E-state index contributed by atoms with van der Waals surface area (Å²) in [5.41, 5.74) is 1.03. The van der Waals surface area contributed by atoms with Crippen LogP contribution in [0, 0.1) is 0 Å². The maximum atomic E-state index is 12.3. The fourth-order valence-corrected chi connectivity index (χ4v) is 2.80. The molecule has 5 nitrogen and oxygen atoms in total. The average Bonchev–Trinajstić information content (AvgIpc) is 2.90. The predicted molar refractivity (Wildman–Crippen MR) is 80.3 cm³/mol. The van der Waals surface area contributed by atoms with Gasteiger partial charge in [0.25, 0.3) is 0 Å². The lowest BCUT2D eigenvalue weighted by atomic mass is 10.1. The summed E-state index contributed by atoms with van der Waals surface area (Å²) in [6.45, 7) is 1.63. The second-order valence-electron chi connectivity index (χ2n) is 5.48. The van der Waals surface area contributed by atoms with Gasteiger partial charge in [0.2, 0.25) is 5.91 Å². The molecule has 1 aliphatic rings. The number of fused-ring (bicyclic) bond motifs is 1. The van der Waals surface area contributed by atoms with E-state index < -0.39 is 0 Å². The summed E-state index contributed by atoms with van der Waals surface area (Å²) in [6.07, 6.45) is 3.03. The highest BCUT2D eigenvalue weighted by Gasteiger charge is 2.21. The summed E-state index contributed by atoms with van der Waals surface area (Å²) in [5.74, 6) is 0.923. The Morgan fingerprint density at radius 1 is 1.33 bits per heavy atom. The number of aromatic nitrogens is 1. The molecule has 0 aliphatic carbocycles. The van der Waals surface area contributed by atoms with Crippen LogP contribution >= 0.6 is 0 Å². The molecule has 112 valence electrons. The van der Waals surface area contributed by atoms with Gasteiger partial charge in [0, 0.05) is 30.2 Å². The van der Waals surface area contributed by atoms with Crippen molar-refractivity contribution in [3.05, 3.63) is 30.5 Å². The number of hydrogen-bond acceptors (Lipinski definition) is 3. The Balaban J connectivity index is 1.74. The van der Waals surface area contributed by atoms with Crippen LogP contribution in [0.2, 0.25) is 0 Å². The van der Waals surface area contributed by atoms with E-state index in [0.717, 1.165) is 16.7 Å². The first-order chi connectivity index (χ1) is 10.2. The van der Waals surface area contributed by atoms with Gasteiger partial charge in [-0.05, 0) is 37.1 Å². The van der Waals surface area contributed by atoms with Crippen LogP contribution in [-0.4, -0.2) is 46.8 Å². The van der Waals surface area contributed by atoms with E-state index in [1.807, 2.05) is 39.9 Å². The monoisotopic (exact) mass is 288 g/mol. The van der Waals surface area contributed by atoms with Crippen LogP contribution in [0.4, 0.5) is 0 Å². The third-order valence-corrected chi connectivity index (χ3v) is 4.10. The lowest BCUT2D eigenvalue weighted by Crippen LogP contribution is -2.41. The van der Waals surface area contributed by atoms with Crippen molar-refractivity contribution in [2.75, 3.05) is 20.2 Å². The number of methoxy groups -OCH3 is 1. The van der Waals surface area contributed by atoms with Crippen molar-refractivity contribution in [1.82, 2.24) is 9.47 Å². The molecule has 1 fully saturated rings. The first-order valence-corrected chi connectivity index (χ1v) is 7.26. The molecule has 0 spiro atoms. The molecule has 1 N–H and O–H groups in total. The lowest BCUT2D eigenvalue weighted by molar-refractivity contribution is -0.133. The van der Waals surface area contributed by atoms with E-state index in [2.05, 4.69) is 0 Å². The van der Waals surface area contributed by atoms with Gasteiger partial charge in [0.15, 0.2) is 0 Å². The number of rotatable bonds is 3. The number of carbonyl (C=O) groups excluding carboxylic acids is 1. The molecule has 0 atom stereocenters. The molecule has 2 heterocycles. The number of hydrogen-bond donors (Lipinski definition) is 1. The number of benzene rings is 1. The Morgan fingerprint density at radius 3 is 2.81 bits per heavy atom. The van der Waals surface area contributed by atoms with E-state index in [4.69, 9.17) is 4.74 Å². The Kier molecular flexibility index (Phi) is 3.84. The van der Waals surface area contributed by atoms with Gasteiger partial charge in [-0.1, -0.05) is 0 Å². The zero-order valence-electron chi connectivity index (χ0n) is 12.2. The molecule has 1 aliphatic heterocycles. The van der Waals surface area contributed by atoms with E-state index >= 15 is 0 Å². The SMILES string of the molecule is COc1ccc2c(ccn2CC(=O)N2CCC(O)CC2)c1. The lowest BCUT2D eigenvalue weighted by Gasteiger charge is -2.29. The molecule has 1 saturated heterocycles. The molecule has 0 saturated carbocycles. The van der Waals surface area contributed by atoms with Gasteiger partial charge in [-0.3, -0.25) is 4.79 Å². The molecule has 1 aromatic carbocycles. The minimum Gasteiger partial charge on any atom is -0.497 e. The average molecular weight is 288 g/mol. The molecule has 21 heavy (non-hydrogen) atoms. The zero-order valence-corrected chi connectivity index (χ0v) is 12.2. The first-order valence-electron chi connectivity index (χ1n) is 7.26. The number of aliphatic hydroxyl groups excluding tert-OH is 1. The molecule has 2 aromatic rings. The van der Waals surface area contributed by atoms with Crippen LogP contribution in [-0.2, 0) is 11.3 Å². The van der Waals surface area contributed by atoms with Crippen LogP contribution in [0.5, 0.6) is 5.75 Å². The molecule has 0 bridgehead atoms. The number of nitrogens with zero attached hydrogens (tertiary/aromatic N) is 2. The Labute approximate surface area is 123 Å². The molecular formula is C16H20N2O3. The van der Waals surface area contributed by atoms with E-state index in [9.17, 15) is 9.90 Å². The third kappa shape index (κ3) is 2.88. The van der Waals surface area contributed by atoms with Crippen LogP contribution < -0.4 is 4.74 Å². The van der Waals surface area contributed by atoms with Crippen molar-refractivity contribution >= 4 is 16.8 Å². The quantitative estimate of drug-likeness (QED) is 0.934. The standard InChI is InChI=1S/C16H20N2O3/c1-21-14-2-3-15-12(10-14)4-7-18(15)11-16(20)17-8-5-13(19)6-9-17/h2-4,7,10,13,19H,5-6,8-9,11H2,1H3. The van der Waals surface area contributed by atoms with Crippen LogP contribution in [0.25, 0.3) is 10.9 Å². The van der Waals surface area contributed by atoms with Crippen molar-refractivity contribution in [3.8, 4) is 5.75 Å². The predicted octanol–water partition coefficient (Wildman–Crippen LogP) is 1.63. The number of likely N-dealkylation sites (tertiary alicyclic amines) is 1. The van der Waals surface area contributed by atoms with Gasteiger partial charge in [-0.2, -0.15) is 0 Å². The van der Waals surface area contributed by atoms with Gasteiger partial charge in [-0.15, -0.1) is 0 Å². The van der Waals surface area contributed by atoms with Gasteiger partial charge in [-0.25, -0.2) is 0 Å². The van der Waals surface area contributed by atoms with Crippen molar-refractivity contribution in [2.45, 2.75) is 25.5 Å². The first kappa shape index (κ1) is 13.9. The minimum atomic E-state index is -0.256. The second-order valence-corrected chi connectivity index (χ2v) is 5.48. The number of amides is 1. The summed E-state index contributed by atoms with van der Waals surface area (Å²) in [4.78, 5) is 14.2. The molecule has 3 rings (SSSR count). The van der Waals surface area contributed by atoms with Gasteiger partial charge in [0.05, 0.1) is 13.2 Å². The normalized spacial score (nSPS) is 16.4. The maximum absolute atomic E-state index is 12.3. The zero-order chi connectivity index (χ0) is 14.8. The fourth-order valence-electron chi connectivity index (χ4n) is 2.80. The van der Waals surface area contributed by atoms with E-state index in [1.165, 1.54) is 0 Å². The van der Waals surface area contributed by atoms with Crippen LogP contribution in [0.15, 0.2) is 30.5 Å². The molecule has 0 radical (unpaired) electrons. The van der Waals surface area contributed by atoms with Gasteiger partial charge in [0.1, 0.15) is 12.3 Å². The summed E-state index contributed by atoms with van der Waals surface area (Å²) >= 11 is 0. The maximum Gasteiger partial charge on any atom is 0.242 e. The van der Waals surface area contributed by atoms with Gasteiger partial charge >= 0.3 is 0 Å². The topological polar surface area (TPSA) is 54.7 Å². The molecule has 5 heteroatoms. The summed E-state index contributed by atoms with van der Waals surface area (Å²) in [7, 11) is 1.65. The number of aliphatic hydroxyl groups is 1. The highest BCUT2D eigenvalue weighted by molar-refractivity contribution is 5.84. The van der Waals surface area contributed by atoms with E-state index in [0.29, 0.717) is 32.5 Å². The highest BCUT2D eigenvalue weighted by Crippen LogP contribution is 2.22. The molecule has 1 aromatic heterocycles. The Hall–Kier alpha value is -2.01. The van der Waals surface area contributed by atoms with Crippen LogP contribution in [0.3, 0.4) is 0 Å². The van der Waals surface area contributed by atoms with Crippen molar-refractivity contribution in [3.63, 3.8) is 0 Å². The van der Waals surface area contributed by atoms with Crippen molar-refractivity contribution < 1.29 is 14.6 Å². The minimum absolute atomic E-state index is 0.107.